The molecule has 0 unspecified atom stereocenters. The molecule has 4 N–H and O–H groups in total. The van der Waals surface area contributed by atoms with Crippen LogP contribution in [0, 0.1) is 0 Å². The van der Waals surface area contributed by atoms with Crippen molar-refractivity contribution in [2.24, 2.45) is 0 Å². The second-order valence-corrected chi connectivity index (χ2v) is 6.04. The molecule has 0 amide bonds. The maximum Gasteiger partial charge on any atom is 0.336 e. The van der Waals surface area contributed by atoms with Gasteiger partial charge >= 0.3 is 23.9 Å². The molecule has 0 aromatic heterocycles. The van der Waals surface area contributed by atoms with Gasteiger partial charge in [0.15, 0.2) is 0 Å². The molecule has 0 heterocycles. The van der Waals surface area contributed by atoms with E-state index >= 15 is 0 Å². The second-order valence-electron chi connectivity index (χ2n) is 6.04. The van der Waals surface area contributed by atoms with E-state index in [1.807, 2.05) is 0 Å². The summed E-state index contributed by atoms with van der Waals surface area (Å²) in [5.41, 5.74) is -1.42. The van der Waals surface area contributed by atoms with Crippen LogP contribution in [0.5, 0.6) is 11.5 Å². The van der Waals surface area contributed by atoms with Gasteiger partial charge in [-0.1, -0.05) is 0 Å². The average molecular weight is 418 g/mol. The first-order valence-corrected chi connectivity index (χ1v) is 8.67. The van der Waals surface area contributed by atoms with Gasteiger partial charge in [0, 0.05) is 0 Å². The lowest BCUT2D eigenvalue weighted by Gasteiger charge is -2.10. The summed E-state index contributed by atoms with van der Waals surface area (Å²) in [6.45, 7) is 0.431. The molecule has 2 aromatic carbocycles. The molecule has 30 heavy (non-hydrogen) atoms. The summed E-state index contributed by atoms with van der Waals surface area (Å²) < 4.78 is 10.8. The van der Waals surface area contributed by atoms with Crippen molar-refractivity contribution in [1.82, 2.24) is 0 Å². The first-order valence-electron chi connectivity index (χ1n) is 8.67. The predicted molar refractivity (Wildman–Crippen MR) is 101 cm³/mol. The van der Waals surface area contributed by atoms with E-state index in [0.717, 1.165) is 24.3 Å². The SMILES string of the molecule is O=C(O)c1ccc(OCCCCOc2ccc(C(=O)O)c(C(=O)O)c2)cc1C(=O)O. The molecular formula is C20H18O10. The highest BCUT2D eigenvalue weighted by atomic mass is 16.5. The van der Waals surface area contributed by atoms with E-state index < -0.39 is 23.9 Å². The highest BCUT2D eigenvalue weighted by molar-refractivity contribution is 6.02. The number of hydrogen-bond acceptors (Lipinski definition) is 6. The Balaban J connectivity index is 1.84. The van der Waals surface area contributed by atoms with Gasteiger partial charge in [-0.05, 0) is 49.2 Å². The lowest BCUT2D eigenvalue weighted by atomic mass is 10.1. The van der Waals surface area contributed by atoms with Crippen molar-refractivity contribution in [2.45, 2.75) is 12.8 Å². The maximum atomic E-state index is 11.1. The van der Waals surface area contributed by atoms with Crippen molar-refractivity contribution >= 4 is 23.9 Å². The third-order valence-electron chi connectivity index (χ3n) is 3.98. The Labute approximate surface area is 169 Å². The van der Waals surface area contributed by atoms with Crippen LogP contribution in [0.25, 0.3) is 0 Å². The molecular weight excluding hydrogens is 400 g/mol. The molecule has 10 nitrogen and oxygen atoms in total. The van der Waals surface area contributed by atoms with Gasteiger partial charge in [-0.2, -0.15) is 0 Å². The average Bonchev–Trinajstić information content (AvgIpc) is 2.69. The standard InChI is InChI=1S/C20H18O10/c21-17(22)13-5-3-11(9-15(13)19(25)26)29-7-1-2-8-30-12-4-6-14(18(23)24)16(10-12)20(27)28/h3-6,9-10H,1-2,7-8H2,(H,21,22)(H,23,24)(H,25,26)(H,27,28). The van der Waals surface area contributed by atoms with E-state index in [0.29, 0.717) is 12.8 Å². The van der Waals surface area contributed by atoms with Gasteiger partial charge in [0.05, 0.1) is 35.5 Å². The number of carboxylic acid groups (broad SMARTS) is 4. The Kier molecular flexibility index (Phi) is 7.34. The fourth-order valence-corrected chi connectivity index (χ4v) is 2.54. The summed E-state index contributed by atoms with van der Waals surface area (Å²) in [6.07, 6.45) is 1.03. The first-order chi connectivity index (χ1) is 14.2. The molecule has 0 radical (unpaired) electrons. The number of ether oxygens (including phenoxy) is 2. The Hall–Kier alpha value is -4.08. The molecule has 2 rings (SSSR count). The van der Waals surface area contributed by atoms with Crippen LogP contribution >= 0.6 is 0 Å². The fourth-order valence-electron chi connectivity index (χ4n) is 2.54. The van der Waals surface area contributed by atoms with E-state index in [1.54, 1.807) is 0 Å². The highest BCUT2D eigenvalue weighted by Crippen LogP contribution is 2.20. The van der Waals surface area contributed by atoms with E-state index in [4.69, 9.17) is 29.9 Å². The number of carboxylic acids is 4. The van der Waals surface area contributed by atoms with Crippen molar-refractivity contribution in [2.75, 3.05) is 13.2 Å². The van der Waals surface area contributed by atoms with E-state index in [-0.39, 0.29) is 47.0 Å². The van der Waals surface area contributed by atoms with Gasteiger partial charge in [0.25, 0.3) is 0 Å². The molecule has 158 valence electrons. The molecule has 0 saturated heterocycles. The smallest absolute Gasteiger partial charge is 0.336 e. The molecule has 0 aliphatic rings. The molecule has 0 spiro atoms. The molecule has 0 bridgehead atoms. The van der Waals surface area contributed by atoms with Gasteiger partial charge in [-0.15, -0.1) is 0 Å². The lowest BCUT2D eigenvalue weighted by Crippen LogP contribution is -2.09. The molecule has 0 atom stereocenters. The van der Waals surface area contributed by atoms with Crippen molar-refractivity contribution in [3.05, 3.63) is 58.7 Å². The predicted octanol–water partition coefficient (Wildman–Crippen LogP) is 2.72. The molecule has 10 heteroatoms. The quantitative estimate of drug-likeness (QED) is 0.398. The van der Waals surface area contributed by atoms with E-state index in [1.165, 1.54) is 12.1 Å². The van der Waals surface area contributed by atoms with Crippen molar-refractivity contribution in [3.63, 3.8) is 0 Å². The number of aromatic carboxylic acids is 4. The number of carbonyl (C=O) groups is 4. The number of hydrogen-bond donors (Lipinski definition) is 4. The van der Waals surface area contributed by atoms with Crippen LogP contribution in [-0.2, 0) is 0 Å². The monoisotopic (exact) mass is 418 g/mol. The Morgan fingerprint density at radius 1 is 0.567 bits per heavy atom. The van der Waals surface area contributed by atoms with Crippen molar-refractivity contribution in [3.8, 4) is 11.5 Å². The van der Waals surface area contributed by atoms with Gasteiger partial charge in [0.2, 0.25) is 0 Å². The molecule has 0 fully saturated rings. The van der Waals surface area contributed by atoms with Crippen LogP contribution in [0.4, 0.5) is 0 Å². The summed E-state index contributed by atoms with van der Waals surface area (Å²) >= 11 is 0. The van der Waals surface area contributed by atoms with Crippen LogP contribution in [0.2, 0.25) is 0 Å². The zero-order chi connectivity index (χ0) is 22.3. The molecule has 0 aliphatic carbocycles. The molecule has 2 aromatic rings. The van der Waals surface area contributed by atoms with Gasteiger partial charge in [0.1, 0.15) is 11.5 Å². The zero-order valence-electron chi connectivity index (χ0n) is 15.5. The summed E-state index contributed by atoms with van der Waals surface area (Å²) in [5.74, 6) is -5.01. The summed E-state index contributed by atoms with van der Waals surface area (Å²) in [4.78, 5) is 44.3. The third kappa shape index (κ3) is 5.71. The number of unbranched alkanes of at least 4 members (excludes halogenated alkanes) is 1. The summed E-state index contributed by atoms with van der Waals surface area (Å²) in [5, 5.41) is 36.1. The third-order valence-corrected chi connectivity index (χ3v) is 3.98. The summed E-state index contributed by atoms with van der Waals surface area (Å²) in [6, 6.07) is 7.32. The van der Waals surface area contributed by atoms with Crippen LogP contribution < -0.4 is 9.47 Å². The van der Waals surface area contributed by atoms with Crippen LogP contribution in [-0.4, -0.2) is 57.5 Å². The minimum atomic E-state index is -1.37. The van der Waals surface area contributed by atoms with Gasteiger partial charge in [-0.3, -0.25) is 0 Å². The van der Waals surface area contributed by atoms with Crippen LogP contribution in [0.15, 0.2) is 36.4 Å². The Morgan fingerprint density at radius 3 is 1.20 bits per heavy atom. The normalized spacial score (nSPS) is 10.3. The van der Waals surface area contributed by atoms with E-state index in [2.05, 4.69) is 0 Å². The van der Waals surface area contributed by atoms with Crippen LogP contribution in [0.1, 0.15) is 54.3 Å². The lowest BCUT2D eigenvalue weighted by molar-refractivity contribution is 0.0651. The number of benzene rings is 2. The van der Waals surface area contributed by atoms with Crippen molar-refractivity contribution < 1.29 is 49.1 Å². The van der Waals surface area contributed by atoms with Crippen molar-refractivity contribution in [1.29, 1.82) is 0 Å². The number of rotatable bonds is 11. The van der Waals surface area contributed by atoms with Crippen LogP contribution in [0.3, 0.4) is 0 Å². The van der Waals surface area contributed by atoms with E-state index in [9.17, 15) is 19.2 Å². The first kappa shape index (κ1) is 22.2. The maximum absolute atomic E-state index is 11.1. The minimum absolute atomic E-state index is 0.215. The Bertz CT molecular complexity index is 900. The minimum Gasteiger partial charge on any atom is -0.494 e. The molecule has 0 aliphatic heterocycles. The van der Waals surface area contributed by atoms with Gasteiger partial charge in [-0.25, -0.2) is 19.2 Å². The zero-order valence-corrected chi connectivity index (χ0v) is 15.5. The topological polar surface area (TPSA) is 168 Å². The van der Waals surface area contributed by atoms with Gasteiger partial charge < -0.3 is 29.9 Å². The second kappa shape index (κ2) is 9.92. The molecule has 0 saturated carbocycles. The largest absolute Gasteiger partial charge is 0.494 e. The Morgan fingerprint density at radius 2 is 0.900 bits per heavy atom. The fraction of sp³-hybridized carbons (Fsp3) is 0.200. The summed E-state index contributed by atoms with van der Waals surface area (Å²) in [7, 11) is 0. The highest BCUT2D eigenvalue weighted by Gasteiger charge is 2.17.